The summed E-state index contributed by atoms with van der Waals surface area (Å²) in [4.78, 5) is 22.6. The van der Waals surface area contributed by atoms with Crippen molar-refractivity contribution in [1.29, 1.82) is 0 Å². The standard InChI is InChI=1S/C38H73N2O6P/c1-3-5-7-9-11-13-15-17-18-20-21-23-25-27-29-31-37(41)36(35-46-47(43,44)45-34-33-39)40-38(42)32-30-28-26-24-22-19-16-14-12-10-8-6-4-2/h6,8,12,14,19,22,36-37,41H,3-5,7,9-11,13,15-18,20-21,23-35,39H2,1-2H3,(H,40,42)(H,43,44)/b8-6-,14-12-,22-19-. The number of phosphoric acid groups is 1. The van der Waals surface area contributed by atoms with E-state index < -0.39 is 20.0 Å². The number of nitrogens with two attached hydrogens (primary N) is 1. The van der Waals surface area contributed by atoms with E-state index in [1.807, 2.05) is 0 Å². The third-order valence-corrected chi connectivity index (χ3v) is 9.24. The molecule has 0 saturated heterocycles. The molecule has 0 fully saturated rings. The van der Waals surface area contributed by atoms with Crippen LogP contribution in [-0.4, -0.2) is 47.8 Å². The van der Waals surface area contributed by atoms with Crippen LogP contribution in [0.3, 0.4) is 0 Å². The largest absolute Gasteiger partial charge is 0.472 e. The van der Waals surface area contributed by atoms with Crippen LogP contribution >= 0.6 is 7.82 Å². The number of rotatable bonds is 35. The van der Waals surface area contributed by atoms with Crippen molar-refractivity contribution in [1.82, 2.24) is 5.32 Å². The van der Waals surface area contributed by atoms with E-state index >= 15 is 0 Å². The highest BCUT2D eigenvalue weighted by atomic mass is 31.2. The van der Waals surface area contributed by atoms with Crippen molar-refractivity contribution in [2.75, 3.05) is 19.8 Å². The van der Waals surface area contributed by atoms with Gasteiger partial charge in [-0.25, -0.2) is 4.57 Å². The Labute approximate surface area is 289 Å². The van der Waals surface area contributed by atoms with Crippen LogP contribution in [0, 0.1) is 0 Å². The van der Waals surface area contributed by atoms with E-state index in [9.17, 15) is 19.4 Å². The Morgan fingerprint density at radius 3 is 1.79 bits per heavy atom. The summed E-state index contributed by atoms with van der Waals surface area (Å²) in [5, 5.41) is 13.7. The van der Waals surface area contributed by atoms with Crippen molar-refractivity contribution in [2.45, 2.75) is 180 Å². The van der Waals surface area contributed by atoms with Gasteiger partial charge >= 0.3 is 7.82 Å². The fraction of sp³-hybridized carbons (Fsp3) is 0.816. The summed E-state index contributed by atoms with van der Waals surface area (Å²) in [7, 11) is -4.32. The van der Waals surface area contributed by atoms with Crippen LogP contribution in [0.15, 0.2) is 36.5 Å². The van der Waals surface area contributed by atoms with E-state index in [2.05, 4.69) is 55.6 Å². The van der Waals surface area contributed by atoms with E-state index in [1.54, 1.807) is 0 Å². The number of allylic oxidation sites excluding steroid dienone is 6. The third-order valence-electron chi connectivity index (χ3n) is 8.26. The number of aliphatic hydroxyl groups is 1. The van der Waals surface area contributed by atoms with Crippen molar-refractivity contribution >= 4 is 13.7 Å². The minimum absolute atomic E-state index is 0.0830. The molecule has 3 unspecified atom stereocenters. The quantitative estimate of drug-likeness (QED) is 0.0297. The number of aliphatic hydroxyl groups excluding tert-OH is 1. The number of carbonyl (C=O) groups is 1. The maximum Gasteiger partial charge on any atom is 0.472 e. The van der Waals surface area contributed by atoms with Gasteiger partial charge in [0.1, 0.15) is 0 Å². The molecular weight excluding hydrogens is 611 g/mol. The molecule has 9 heteroatoms. The maximum atomic E-state index is 12.7. The smallest absolute Gasteiger partial charge is 0.391 e. The second-order valence-electron chi connectivity index (χ2n) is 12.8. The van der Waals surface area contributed by atoms with Gasteiger partial charge in [-0.05, 0) is 44.9 Å². The Balaban J connectivity index is 4.29. The van der Waals surface area contributed by atoms with Gasteiger partial charge in [0.25, 0.3) is 0 Å². The van der Waals surface area contributed by atoms with Gasteiger partial charge in [-0.2, -0.15) is 0 Å². The van der Waals surface area contributed by atoms with Gasteiger partial charge in [0.05, 0.1) is 25.4 Å². The average Bonchev–Trinajstić information content (AvgIpc) is 3.05. The molecule has 0 aromatic carbocycles. The Morgan fingerprint density at radius 1 is 0.723 bits per heavy atom. The predicted molar refractivity (Wildman–Crippen MR) is 198 cm³/mol. The lowest BCUT2D eigenvalue weighted by atomic mass is 10.0. The molecule has 0 heterocycles. The molecule has 0 spiro atoms. The van der Waals surface area contributed by atoms with Gasteiger partial charge in [0.2, 0.25) is 5.91 Å². The second kappa shape index (κ2) is 34.6. The van der Waals surface area contributed by atoms with E-state index in [0.29, 0.717) is 12.8 Å². The molecule has 0 bridgehead atoms. The van der Waals surface area contributed by atoms with Gasteiger partial charge in [-0.3, -0.25) is 13.8 Å². The third kappa shape index (κ3) is 33.0. The fourth-order valence-electron chi connectivity index (χ4n) is 5.38. The normalized spacial score (nSPS) is 14.7. The number of nitrogens with one attached hydrogen (secondary N) is 1. The minimum atomic E-state index is -4.32. The summed E-state index contributed by atoms with van der Waals surface area (Å²) >= 11 is 0. The predicted octanol–water partition coefficient (Wildman–Crippen LogP) is 10.00. The molecule has 3 atom stereocenters. The molecule has 0 saturated carbocycles. The lowest BCUT2D eigenvalue weighted by Gasteiger charge is -2.25. The van der Waals surface area contributed by atoms with Crippen LogP contribution in [-0.2, 0) is 18.4 Å². The lowest BCUT2D eigenvalue weighted by molar-refractivity contribution is -0.123. The molecule has 0 aliphatic rings. The minimum Gasteiger partial charge on any atom is -0.391 e. The number of phosphoric ester groups is 1. The van der Waals surface area contributed by atoms with E-state index in [1.165, 1.54) is 77.0 Å². The highest BCUT2D eigenvalue weighted by Gasteiger charge is 2.27. The van der Waals surface area contributed by atoms with Crippen LogP contribution in [0.2, 0.25) is 0 Å². The molecular formula is C38H73N2O6P. The first-order valence-corrected chi connectivity index (χ1v) is 20.6. The van der Waals surface area contributed by atoms with Crippen LogP contribution in [0.5, 0.6) is 0 Å². The molecule has 47 heavy (non-hydrogen) atoms. The monoisotopic (exact) mass is 685 g/mol. The Hall–Kier alpha value is -1.28. The van der Waals surface area contributed by atoms with Crippen molar-refractivity contribution in [2.24, 2.45) is 5.73 Å². The zero-order valence-electron chi connectivity index (χ0n) is 30.3. The van der Waals surface area contributed by atoms with Crippen molar-refractivity contribution in [3.05, 3.63) is 36.5 Å². The van der Waals surface area contributed by atoms with Gasteiger partial charge < -0.3 is 21.1 Å². The second-order valence-corrected chi connectivity index (χ2v) is 14.2. The summed E-state index contributed by atoms with van der Waals surface area (Å²) in [6, 6.07) is -0.787. The summed E-state index contributed by atoms with van der Waals surface area (Å²) < 4.78 is 22.1. The molecule has 0 aliphatic carbocycles. The Kier molecular flexibility index (Phi) is 33.6. The lowest BCUT2D eigenvalue weighted by Crippen LogP contribution is -2.46. The summed E-state index contributed by atoms with van der Waals surface area (Å²) in [6.07, 6.45) is 38.6. The molecule has 0 aliphatic heterocycles. The fourth-order valence-corrected chi connectivity index (χ4v) is 6.14. The molecule has 8 nitrogen and oxygen atoms in total. The van der Waals surface area contributed by atoms with E-state index in [-0.39, 0.29) is 25.7 Å². The van der Waals surface area contributed by atoms with Crippen molar-refractivity contribution < 1.29 is 28.4 Å². The first kappa shape index (κ1) is 45.7. The topological polar surface area (TPSA) is 131 Å². The highest BCUT2D eigenvalue weighted by Crippen LogP contribution is 2.43. The summed E-state index contributed by atoms with van der Waals surface area (Å²) in [6.45, 7) is 4.05. The molecule has 0 aromatic heterocycles. The zero-order valence-corrected chi connectivity index (χ0v) is 31.2. The van der Waals surface area contributed by atoms with Gasteiger partial charge in [-0.15, -0.1) is 0 Å². The van der Waals surface area contributed by atoms with Crippen LogP contribution < -0.4 is 11.1 Å². The number of carbonyl (C=O) groups excluding carboxylic acids is 1. The summed E-state index contributed by atoms with van der Waals surface area (Å²) in [5.41, 5.74) is 5.36. The SMILES string of the molecule is CC/C=C\C/C=C\C/C=C\CCCCCC(=O)NC(COP(=O)(O)OCCN)C(O)CCCCCCCCCCCCCCCCC. The van der Waals surface area contributed by atoms with E-state index in [4.69, 9.17) is 14.8 Å². The Morgan fingerprint density at radius 2 is 1.23 bits per heavy atom. The summed E-state index contributed by atoms with van der Waals surface area (Å²) in [5.74, 6) is -0.192. The number of unbranched alkanes of at least 4 members (excludes halogenated alkanes) is 17. The number of hydrogen-bond donors (Lipinski definition) is 4. The van der Waals surface area contributed by atoms with Crippen molar-refractivity contribution in [3.8, 4) is 0 Å². The maximum absolute atomic E-state index is 12.7. The van der Waals surface area contributed by atoms with Crippen molar-refractivity contribution in [3.63, 3.8) is 0 Å². The molecule has 0 radical (unpaired) electrons. The number of amides is 1. The van der Waals surface area contributed by atoms with Gasteiger partial charge in [0, 0.05) is 13.0 Å². The first-order chi connectivity index (χ1) is 22.9. The van der Waals surface area contributed by atoms with Gasteiger partial charge in [-0.1, -0.05) is 153 Å². The van der Waals surface area contributed by atoms with Crippen LogP contribution in [0.25, 0.3) is 0 Å². The number of hydrogen-bond acceptors (Lipinski definition) is 6. The first-order valence-electron chi connectivity index (χ1n) is 19.1. The molecule has 276 valence electrons. The van der Waals surface area contributed by atoms with E-state index in [0.717, 1.165) is 64.2 Å². The Bertz CT molecular complexity index is 835. The molecule has 1 amide bonds. The molecule has 0 rings (SSSR count). The van der Waals surface area contributed by atoms with Crippen LogP contribution in [0.1, 0.15) is 168 Å². The zero-order chi connectivity index (χ0) is 34.7. The molecule has 0 aromatic rings. The van der Waals surface area contributed by atoms with Gasteiger partial charge in [0.15, 0.2) is 0 Å². The van der Waals surface area contributed by atoms with Crippen LogP contribution in [0.4, 0.5) is 0 Å². The molecule has 5 N–H and O–H groups in total. The average molecular weight is 685 g/mol. The highest BCUT2D eigenvalue weighted by molar-refractivity contribution is 7.47.